The van der Waals surface area contributed by atoms with Crippen molar-refractivity contribution in [3.05, 3.63) is 28.2 Å². The number of amides is 2. The molecule has 0 bridgehead atoms. The van der Waals surface area contributed by atoms with Gasteiger partial charge in [0.25, 0.3) is 0 Å². The van der Waals surface area contributed by atoms with Gasteiger partial charge in [0.05, 0.1) is 5.69 Å². The molecule has 1 aromatic rings. The Morgan fingerprint density at radius 2 is 1.83 bits per heavy atom. The fourth-order valence-electron chi connectivity index (χ4n) is 2.94. The van der Waals surface area contributed by atoms with Crippen LogP contribution < -0.4 is 5.32 Å². The van der Waals surface area contributed by atoms with Crippen LogP contribution in [0, 0.1) is 12.3 Å². The number of piperazine rings is 1. The van der Waals surface area contributed by atoms with Gasteiger partial charge in [-0.3, -0.25) is 9.59 Å². The molecule has 0 radical (unpaired) electrons. The van der Waals surface area contributed by atoms with Gasteiger partial charge in [0.2, 0.25) is 11.8 Å². The second-order valence-electron chi connectivity index (χ2n) is 6.62. The third-order valence-electron chi connectivity index (χ3n) is 4.76. The summed E-state index contributed by atoms with van der Waals surface area (Å²) in [6.07, 6.45) is 1.29. The summed E-state index contributed by atoms with van der Waals surface area (Å²) >= 11 is 3.47. The van der Waals surface area contributed by atoms with Gasteiger partial charge in [0, 0.05) is 30.7 Å². The van der Waals surface area contributed by atoms with Gasteiger partial charge >= 0.3 is 0 Å². The Labute approximate surface area is 145 Å². The third kappa shape index (κ3) is 3.28. The van der Waals surface area contributed by atoms with E-state index >= 15 is 0 Å². The van der Waals surface area contributed by atoms with E-state index < -0.39 is 5.41 Å². The summed E-state index contributed by atoms with van der Waals surface area (Å²) in [5.74, 6) is -0.183. The van der Waals surface area contributed by atoms with Crippen LogP contribution in [-0.2, 0) is 9.59 Å². The molecule has 3 rings (SSSR count). The van der Waals surface area contributed by atoms with Crippen molar-refractivity contribution in [1.82, 2.24) is 9.80 Å². The number of anilines is 1. The molecule has 1 saturated heterocycles. The Morgan fingerprint density at radius 3 is 2.39 bits per heavy atom. The van der Waals surface area contributed by atoms with Gasteiger partial charge < -0.3 is 15.1 Å². The van der Waals surface area contributed by atoms with Crippen LogP contribution in [0.2, 0.25) is 0 Å². The molecule has 124 valence electrons. The lowest BCUT2D eigenvalue weighted by Gasteiger charge is -2.34. The summed E-state index contributed by atoms with van der Waals surface area (Å²) in [6, 6.07) is 5.77. The highest BCUT2D eigenvalue weighted by molar-refractivity contribution is 9.10. The van der Waals surface area contributed by atoms with E-state index in [0.717, 1.165) is 28.8 Å². The third-order valence-corrected chi connectivity index (χ3v) is 5.41. The second-order valence-corrected chi connectivity index (χ2v) is 7.47. The lowest BCUT2D eigenvalue weighted by atomic mass is 10.0. The number of nitrogens with zero attached hydrogens (tertiary/aromatic N) is 2. The van der Waals surface area contributed by atoms with Crippen LogP contribution in [0.25, 0.3) is 0 Å². The van der Waals surface area contributed by atoms with Gasteiger partial charge in [-0.05, 0) is 60.4 Å². The second kappa shape index (κ2) is 6.24. The zero-order valence-corrected chi connectivity index (χ0v) is 15.1. The number of hydrogen-bond acceptors (Lipinski definition) is 3. The summed E-state index contributed by atoms with van der Waals surface area (Å²) in [5.41, 5.74) is 0.989. The van der Waals surface area contributed by atoms with Crippen LogP contribution in [0.3, 0.4) is 0 Å². The van der Waals surface area contributed by atoms with E-state index in [2.05, 4.69) is 33.2 Å². The van der Waals surface area contributed by atoms with Crippen molar-refractivity contribution in [3.63, 3.8) is 0 Å². The van der Waals surface area contributed by atoms with Gasteiger partial charge in [-0.1, -0.05) is 6.07 Å². The number of halogens is 1. The molecule has 1 aliphatic carbocycles. The molecule has 1 aromatic carbocycles. The summed E-state index contributed by atoms with van der Waals surface area (Å²) < 4.78 is 0.841. The normalized spacial score (nSPS) is 20.2. The van der Waals surface area contributed by atoms with E-state index in [-0.39, 0.29) is 11.8 Å². The monoisotopic (exact) mass is 379 g/mol. The van der Waals surface area contributed by atoms with E-state index in [1.54, 1.807) is 0 Å². The number of carbonyl (C=O) groups is 2. The lowest BCUT2D eigenvalue weighted by molar-refractivity contribution is -0.143. The number of aryl methyl sites for hydroxylation is 1. The number of benzene rings is 1. The molecule has 1 aliphatic heterocycles. The first-order chi connectivity index (χ1) is 10.9. The zero-order chi connectivity index (χ0) is 16.6. The molecule has 1 N–H and O–H groups in total. The molecule has 1 heterocycles. The lowest BCUT2D eigenvalue weighted by Crippen LogP contribution is -2.51. The van der Waals surface area contributed by atoms with E-state index in [4.69, 9.17) is 0 Å². The predicted octanol–water partition coefficient (Wildman–Crippen LogP) is 2.25. The van der Waals surface area contributed by atoms with Gasteiger partial charge in [-0.15, -0.1) is 0 Å². The fourth-order valence-corrected chi connectivity index (χ4v) is 3.53. The molecule has 0 spiro atoms. The molecule has 6 heteroatoms. The average Bonchev–Trinajstić information content (AvgIpc) is 3.32. The minimum Gasteiger partial charge on any atom is -0.339 e. The Balaban J connectivity index is 1.70. The maximum Gasteiger partial charge on any atom is 0.240 e. The van der Waals surface area contributed by atoms with Crippen LogP contribution in [0.15, 0.2) is 22.7 Å². The Morgan fingerprint density at radius 1 is 1.17 bits per heavy atom. The minimum atomic E-state index is -0.847. The van der Waals surface area contributed by atoms with Crippen LogP contribution in [0.4, 0.5) is 5.69 Å². The molecular formula is C17H22BrN3O2. The average molecular weight is 380 g/mol. The van der Waals surface area contributed by atoms with Crippen molar-refractivity contribution in [2.75, 3.05) is 38.5 Å². The molecule has 0 atom stereocenters. The molecule has 0 aromatic heterocycles. The highest BCUT2D eigenvalue weighted by Crippen LogP contribution is 2.48. The van der Waals surface area contributed by atoms with Crippen molar-refractivity contribution < 1.29 is 9.59 Å². The van der Waals surface area contributed by atoms with Crippen molar-refractivity contribution in [2.45, 2.75) is 19.8 Å². The summed E-state index contributed by atoms with van der Waals surface area (Å²) in [5, 5.41) is 2.93. The minimum absolute atomic E-state index is 0.00802. The van der Waals surface area contributed by atoms with E-state index in [9.17, 15) is 9.59 Å². The van der Waals surface area contributed by atoms with Gasteiger partial charge in [0.1, 0.15) is 5.41 Å². The molecule has 2 aliphatic rings. The number of nitrogens with one attached hydrogen (secondary N) is 1. The first-order valence-electron chi connectivity index (χ1n) is 7.98. The van der Waals surface area contributed by atoms with Crippen LogP contribution >= 0.6 is 15.9 Å². The molecule has 2 amide bonds. The first kappa shape index (κ1) is 16.5. The number of likely N-dealkylation sites (N-methyl/N-ethyl adjacent to an activating group) is 1. The molecular weight excluding hydrogens is 358 g/mol. The Kier molecular flexibility index (Phi) is 4.47. The topological polar surface area (TPSA) is 52.7 Å². The maximum atomic E-state index is 12.8. The number of carbonyl (C=O) groups excluding carboxylic acids is 2. The Hall–Kier alpha value is -1.40. The Bertz CT molecular complexity index is 635. The van der Waals surface area contributed by atoms with Gasteiger partial charge in [0.15, 0.2) is 0 Å². The van der Waals surface area contributed by atoms with Crippen molar-refractivity contribution in [3.8, 4) is 0 Å². The van der Waals surface area contributed by atoms with Gasteiger partial charge in [-0.2, -0.15) is 0 Å². The zero-order valence-electron chi connectivity index (χ0n) is 13.6. The van der Waals surface area contributed by atoms with E-state index in [1.165, 1.54) is 0 Å². The summed E-state index contributed by atoms with van der Waals surface area (Å²) in [6.45, 7) is 5.15. The molecule has 1 saturated carbocycles. The number of hydrogen-bond donors (Lipinski definition) is 1. The molecule has 2 fully saturated rings. The van der Waals surface area contributed by atoms with E-state index in [0.29, 0.717) is 25.9 Å². The predicted molar refractivity (Wildman–Crippen MR) is 93.3 cm³/mol. The van der Waals surface area contributed by atoms with Crippen molar-refractivity contribution >= 4 is 33.4 Å². The van der Waals surface area contributed by atoms with E-state index in [1.807, 2.05) is 30.0 Å². The highest BCUT2D eigenvalue weighted by Gasteiger charge is 2.58. The van der Waals surface area contributed by atoms with Gasteiger partial charge in [-0.25, -0.2) is 0 Å². The SMILES string of the molecule is Cc1ccc(NC(=O)C2(C(=O)N3CCN(C)CC3)CC2)c(Br)c1. The molecule has 0 unspecified atom stereocenters. The summed E-state index contributed by atoms with van der Waals surface area (Å²) in [7, 11) is 2.05. The standard InChI is InChI=1S/C17H22BrN3O2/c1-12-3-4-14(13(18)11-12)19-15(22)17(5-6-17)16(23)21-9-7-20(2)8-10-21/h3-4,11H,5-10H2,1-2H3,(H,19,22). The van der Waals surface area contributed by atoms with Crippen LogP contribution in [0.1, 0.15) is 18.4 Å². The summed E-state index contributed by atoms with van der Waals surface area (Å²) in [4.78, 5) is 29.5. The smallest absolute Gasteiger partial charge is 0.240 e. The largest absolute Gasteiger partial charge is 0.339 e. The molecule has 5 nitrogen and oxygen atoms in total. The maximum absolute atomic E-state index is 12.8. The van der Waals surface area contributed by atoms with Crippen molar-refractivity contribution in [1.29, 1.82) is 0 Å². The van der Waals surface area contributed by atoms with Crippen LogP contribution in [-0.4, -0.2) is 54.8 Å². The molecule has 23 heavy (non-hydrogen) atoms. The van der Waals surface area contributed by atoms with Crippen LogP contribution in [0.5, 0.6) is 0 Å². The highest BCUT2D eigenvalue weighted by atomic mass is 79.9. The van der Waals surface area contributed by atoms with Crippen molar-refractivity contribution in [2.24, 2.45) is 5.41 Å². The number of rotatable bonds is 3. The first-order valence-corrected chi connectivity index (χ1v) is 8.77. The fraction of sp³-hybridized carbons (Fsp3) is 0.529. The quantitative estimate of drug-likeness (QED) is 0.819.